The molecule has 0 atom stereocenters. The highest BCUT2D eigenvalue weighted by molar-refractivity contribution is 6.32. The summed E-state index contributed by atoms with van der Waals surface area (Å²) < 4.78 is 6.78. The van der Waals surface area contributed by atoms with Crippen LogP contribution in [0.5, 0.6) is 5.75 Å². The Labute approximate surface area is 136 Å². The minimum absolute atomic E-state index is 0.0408. The number of hydrogen-bond acceptors (Lipinski definition) is 6. The molecule has 1 aromatic heterocycles. The maximum Gasteiger partial charge on any atom is 0.305 e. The number of benzene rings is 1. The van der Waals surface area contributed by atoms with Crippen molar-refractivity contribution in [1.82, 2.24) is 25.5 Å². The van der Waals surface area contributed by atoms with Crippen molar-refractivity contribution < 1.29 is 19.4 Å². The van der Waals surface area contributed by atoms with E-state index in [9.17, 15) is 9.59 Å². The van der Waals surface area contributed by atoms with Crippen molar-refractivity contribution in [2.45, 2.75) is 19.6 Å². The molecule has 0 unspecified atom stereocenters. The SMILES string of the molecule is O=C(O)CCNC(=O)Cn1nnnc1COc1ccccc1Cl. The number of hydrogen-bond donors (Lipinski definition) is 2. The summed E-state index contributed by atoms with van der Waals surface area (Å²) in [6, 6.07) is 6.95. The van der Waals surface area contributed by atoms with Gasteiger partial charge in [-0.3, -0.25) is 9.59 Å². The number of aromatic nitrogens is 4. The maximum absolute atomic E-state index is 11.7. The summed E-state index contributed by atoms with van der Waals surface area (Å²) in [6.07, 6.45) is -0.149. The highest BCUT2D eigenvalue weighted by Crippen LogP contribution is 2.23. The molecular formula is C13H14ClN5O4. The number of carbonyl (C=O) groups is 2. The fraction of sp³-hybridized carbons (Fsp3) is 0.308. The molecule has 0 aliphatic carbocycles. The second kappa shape index (κ2) is 8.08. The number of amides is 1. The van der Waals surface area contributed by atoms with Crippen molar-refractivity contribution in [3.8, 4) is 5.75 Å². The molecule has 0 bridgehead atoms. The van der Waals surface area contributed by atoms with E-state index < -0.39 is 11.9 Å². The predicted molar refractivity (Wildman–Crippen MR) is 78.9 cm³/mol. The quantitative estimate of drug-likeness (QED) is 0.718. The van der Waals surface area contributed by atoms with E-state index in [4.69, 9.17) is 21.4 Å². The van der Waals surface area contributed by atoms with Gasteiger partial charge < -0.3 is 15.2 Å². The lowest BCUT2D eigenvalue weighted by atomic mass is 10.3. The molecule has 2 N–H and O–H groups in total. The lowest BCUT2D eigenvalue weighted by molar-refractivity contribution is -0.136. The van der Waals surface area contributed by atoms with Gasteiger partial charge in [0.05, 0.1) is 11.4 Å². The van der Waals surface area contributed by atoms with Crippen LogP contribution in [0, 0.1) is 0 Å². The average Bonchev–Trinajstić information content (AvgIpc) is 2.93. The Bertz CT molecular complexity index is 691. The first-order chi connectivity index (χ1) is 11.1. The molecule has 0 aliphatic heterocycles. The van der Waals surface area contributed by atoms with Gasteiger partial charge in [0.25, 0.3) is 0 Å². The molecule has 1 amide bonds. The zero-order valence-corrected chi connectivity index (χ0v) is 12.7. The molecule has 9 nitrogen and oxygen atoms in total. The molecule has 10 heteroatoms. The van der Waals surface area contributed by atoms with E-state index in [-0.39, 0.29) is 26.1 Å². The number of nitrogens with one attached hydrogen (secondary N) is 1. The fourth-order valence-corrected chi connectivity index (χ4v) is 1.84. The van der Waals surface area contributed by atoms with Gasteiger partial charge in [0, 0.05) is 6.54 Å². The summed E-state index contributed by atoms with van der Waals surface area (Å²) in [5.74, 6) is -0.549. The van der Waals surface area contributed by atoms with Crippen LogP contribution in [0.25, 0.3) is 0 Å². The zero-order chi connectivity index (χ0) is 16.7. The Balaban J connectivity index is 1.88. The number of ether oxygens (including phenoxy) is 1. The lowest BCUT2D eigenvalue weighted by Crippen LogP contribution is -2.30. The first kappa shape index (κ1) is 16.7. The third kappa shape index (κ3) is 5.22. The van der Waals surface area contributed by atoms with Gasteiger partial charge in [0.15, 0.2) is 5.82 Å². The molecule has 0 spiro atoms. The van der Waals surface area contributed by atoms with Gasteiger partial charge in [-0.2, -0.15) is 0 Å². The van der Waals surface area contributed by atoms with E-state index in [2.05, 4.69) is 20.8 Å². The minimum Gasteiger partial charge on any atom is -0.484 e. The van der Waals surface area contributed by atoms with Crippen molar-refractivity contribution in [3.05, 3.63) is 35.1 Å². The van der Waals surface area contributed by atoms with Crippen molar-refractivity contribution in [2.24, 2.45) is 0 Å². The number of rotatable bonds is 8. The van der Waals surface area contributed by atoms with Crippen LogP contribution in [0.4, 0.5) is 0 Å². The van der Waals surface area contributed by atoms with Crippen LogP contribution in [0.3, 0.4) is 0 Å². The molecule has 1 heterocycles. The van der Waals surface area contributed by atoms with Crippen LogP contribution < -0.4 is 10.1 Å². The second-order valence-electron chi connectivity index (χ2n) is 4.47. The van der Waals surface area contributed by atoms with Gasteiger partial charge in [-0.15, -0.1) is 5.10 Å². The van der Waals surface area contributed by atoms with Crippen LogP contribution in [-0.4, -0.2) is 43.7 Å². The molecule has 0 fully saturated rings. The van der Waals surface area contributed by atoms with Gasteiger partial charge in [0.1, 0.15) is 18.9 Å². The van der Waals surface area contributed by atoms with E-state index in [0.29, 0.717) is 16.6 Å². The minimum atomic E-state index is -0.985. The molecule has 0 saturated carbocycles. The highest BCUT2D eigenvalue weighted by atomic mass is 35.5. The highest BCUT2D eigenvalue weighted by Gasteiger charge is 2.12. The molecular weight excluding hydrogens is 326 g/mol. The third-order valence-corrected chi connectivity index (χ3v) is 3.07. The van der Waals surface area contributed by atoms with E-state index in [1.54, 1.807) is 24.3 Å². The molecule has 1 aromatic carbocycles. The van der Waals surface area contributed by atoms with Crippen LogP contribution in [0.2, 0.25) is 5.02 Å². The standard InChI is InChI=1S/C13H14ClN5O4/c14-9-3-1-2-4-10(9)23-8-11-16-17-18-19(11)7-12(20)15-6-5-13(21)22/h1-4H,5-8H2,(H,15,20)(H,21,22). The molecule has 2 rings (SSSR count). The molecule has 0 aliphatic rings. The number of halogens is 1. The van der Waals surface area contributed by atoms with Gasteiger partial charge in [-0.05, 0) is 22.6 Å². The summed E-state index contributed by atoms with van der Waals surface area (Å²) in [5, 5.41) is 22.4. The fourth-order valence-electron chi connectivity index (χ4n) is 1.65. The van der Waals surface area contributed by atoms with Crippen molar-refractivity contribution in [3.63, 3.8) is 0 Å². The van der Waals surface area contributed by atoms with E-state index in [1.807, 2.05) is 0 Å². The monoisotopic (exact) mass is 339 g/mol. The largest absolute Gasteiger partial charge is 0.484 e. The number of carboxylic acids is 1. The van der Waals surface area contributed by atoms with Crippen LogP contribution in [0.1, 0.15) is 12.2 Å². The Morgan fingerprint density at radius 1 is 1.35 bits per heavy atom. The average molecular weight is 340 g/mol. The van der Waals surface area contributed by atoms with Gasteiger partial charge >= 0.3 is 5.97 Å². The Morgan fingerprint density at radius 3 is 2.87 bits per heavy atom. The predicted octanol–water partition coefficient (Wildman–Crippen LogP) is 0.496. The smallest absolute Gasteiger partial charge is 0.305 e. The normalized spacial score (nSPS) is 10.3. The summed E-state index contributed by atoms with van der Waals surface area (Å²) in [6.45, 7) is -0.0469. The van der Waals surface area contributed by atoms with Crippen LogP contribution in [0.15, 0.2) is 24.3 Å². The summed E-state index contributed by atoms with van der Waals surface area (Å²) in [7, 11) is 0. The van der Waals surface area contributed by atoms with E-state index in [0.717, 1.165) is 0 Å². The zero-order valence-electron chi connectivity index (χ0n) is 12.0. The maximum atomic E-state index is 11.7. The van der Waals surface area contributed by atoms with Gasteiger partial charge in [-0.25, -0.2) is 4.68 Å². The molecule has 0 radical (unpaired) electrons. The number of tetrazole rings is 1. The van der Waals surface area contributed by atoms with Crippen molar-refractivity contribution in [1.29, 1.82) is 0 Å². The molecule has 23 heavy (non-hydrogen) atoms. The molecule has 2 aromatic rings. The summed E-state index contributed by atoms with van der Waals surface area (Å²) >= 11 is 5.98. The van der Waals surface area contributed by atoms with Crippen molar-refractivity contribution in [2.75, 3.05) is 6.54 Å². The van der Waals surface area contributed by atoms with Crippen LogP contribution >= 0.6 is 11.6 Å². The summed E-state index contributed by atoms with van der Waals surface area (Å²) in [5.41, 5.74) is 0. The molecule has 0 saturated heterocycles. The third-order valence-electron chi connectivity index (χ3n) is 2.75. The Kier molecular flexibility index (Phi) is 5.87. The lowest BCUT2D eigenvalue weighted by Gasteiger charge is -2.08. The number of nitrogens with zero attached hydrogens (tertiary/aromatic N) is 4. The number of carboxylic acid groups (broad SMARTS) is 1. The van der Waals surface area contributed by atoms with E-state index in [1.165, 1.54) is 4.68 Å². The van der Waals surface area contributed by atoms with Crippen molar-refractivity contribution >= 4 is 23.5 Å². The van der Waals surface area contributed by atoms with Gasteiger partial charge in [0.2, 0.25) is 5.91 Å². The van der Waals surface area contributed by atoms with E-state index >= 15 is 0 Å². The molecule has 122 valence electrons. The Morgan fingerprint density at radius 2 is 2.13 bits per heavy atom. The summed E-state index contributed by atoms with van der Waals surface area (Å²) in [4.78, 5) is 22.1. The number of aliphatic carboxylic acids is 1. The van der Waals surface area contributed by atoms with Crippen LogP contribution in [-0.2, 0) is 22.7 Å². The number of para-hydroxylation sites is 1. The topological polar surface area (TPSA) is 119 Å². The van der Waals surface area contributed by atoms with Gasteiger partial charge in [-0.1, -0.05) is 23.7 Å². The number of carbonyl (C=O) groups excluding carboxylic acids is 1. The first-order valence-electron chi connectivity index (χ1n) is 6.67. The Hall–Kier alpha value is -2.68. The first-order valence-corrected chi connectivity index (χ1v) is 7.05. The second-order valence-corrected chi connectivity index (χ2v) is 4.87.